The van der Waals surface area contributed by atoms with Crippen molar-refractivity contribution in [2.24, 2.45) is 0 Å². The number of thiocarbonyl (C=S) groups is 1. The number of thioether (sulfide) groups is 1. The van der Waals surface area contributed by atoms with Crippen molar-refractivity contribution in [2.45, 2.75) is 62.5 Å². The molecule has 0 bridgehead atoms. The summed E-state index contributed by atoms with van der Waals surface area (Å²) in [5.41, 5.74) is 3.35. The van der Waals surface area contributed by atoms with Gasteiger partial charge in [0.2, 0.25) is 5.91 Å². The number of thiophene rings is 1. The number of hydrogen-bond acceptors (Lipinski definition) is 6. The van der Waals surface area contributed by atoms with Crippen molar-refractivity contribution in [3.8, 4) is 0 Å². The monoisotopic (exact) mass is 567 g/mol. The normalized spacial score (nSPS) is 13.5. The van der Waals surface area contributed by atoms with E-state index >= 15 is 0 Å². The minimum Gasteiger partial charge on any atom is -0.462 e. The molecule has 6 nitrogen and oxygen atoms in total. The zero-order valence-electron chi connectivity index (χ0n) is 21.7. The highest BCUT2D eigenvalue weighted by Gasteiger charge is 2.28. The first-order valence-electron chi connectivity index (χ1n) is 13.0. The molecule has 9 heteroatoms. The maximum atomic E-state index is 13.4. The lowest BCUT2D eigenvalue weighted by atomic mass is 10.1. The van der Waals surface area contributed by atoms with Gasteiger partial charge in [0, 0.05) is 21.1 Å². The van der Waals surface area contributed by atoms with E-state index in [9.17, 15) is 9.59 Å². The van der Waals surface area contributed by atoms with E-state index in [1.165, 1.54) is 28.0 Å². The molecule has 0 aliphatic heterocycles. The van der Waals surface area contributed by atoms with E-state index in [1.54, 1.807) is 6.92 Å². The first-order chi connectivity index (χ1) is 18.5. The third kappa shape index (κ3) is 7.36. The minimum atomic E-state index is -0.346. The SMILES string of the molecule is CCOC(=O)c1c(NC(=O)C(CC)Sc2cccc(NC(=S)Nc3ccccc3)c2)sc2c1CCCCC2. The van der Waals surface area contributed by atoms with Gasteiger partial charge in [0.05, 0.1) is 17.4 Å². The van der Waals surface area contributed by atoms with Gasteiger partial charge in [-0.05, 0) is 87.1 Å². The van der Waals surface area contributed by atoms with E-state index in [-0.39, 0.29) is 17.1 Å². The number of para-hydroxylation sites is 1. The Bertz CT molecular complexity index is 1280. The molecular formula is C29H33N3O3S3. The lowest BCUT2D eigenvalue weighted by molar-refractivity contribution is -0.115. The maximum Gasteiger partial charge on any atom is 0.341 e. The number of fused-ring (bicyclic) bond motifs is 1. The largest absolute Gasteiger partial charge is 0.462 e. The molecule has 1 aliphatic rings. The second-order valence-electron chi connectivity index (χ2n) is 8.97. The van der Waals surface area contributed by atoms with Gasteiger partial charge in [0.25, 0.3) is 0 Å². The highest BCUT2D eigenvalue weighted by molar-refractivity contribution is 8.00. The van der Waals surface area contributed by atoms with Crippen molar-refractivity contribution in [3.63, 3.8) is 0 Å². The van der Waals surface area contributed by atoms with Crippen LogP contribution in [0.3, 0.4) is 0 Å². The molecule has 0 saturated carbocycles. The molecule has 3 aromatic rings. The third-order valence-corrected chi connectivity index (χ3v) is 8.97. The molecule has 1 unspecified atom stereocenters. The van der Waals surface area contributed by atoms with Crippen LogP contribution in [0.25, 0.3) is 0 Å². The van der Waals surface area contributed by atoms with Crippen molar-refractivity contribution in [1.29, 1.82) is 0 Å². The lowest BCUT2D eigenvalue weighted by Crippen LogP contribution is -2.25. The smallest absolute Gasteiger partial charge is 0.341 e. The van der Waals surface area contributed by atoms with Crippen LogP contribution in [-0.4, -0.2) is 28.8 Å². The highest BCUT2D eigenvalue weighted by Crippen LogP contribution is 2.39. The summed E-state index contributed by atoms with van der Waals surface area (Å²) in [7, 11) is 0. The molecule has 0 fully saturated rings. The van der Waals surface area contributed by atoms with Crippen LogP contribution in [0.2, 0.25) is 0 Å². The first kappa shape index (κ1) is 28.1. The topological polar surface area (TPSA) is 79.5 Å². The van der Waals surface area contributed by atoms with E-state index < -0.39 is 0 Å². The quantitative estimate of drug-likeness (QED) is 0.107. The molecule has 0 saturated heterocycles. The van der Waals surface area contributed by atoms with E-state index in [0.29, 0.717) is 28.7 Å². The average molecular weight is 568 g/mol. The molecule has 1 aliphatic carbocycles. The van der Waals surface area contributed by atoms with Crippen LogP contribution in [-0.2, 0) is 22.4 Å². The second kappa shape index (κ2) is 13.8. The lowest BCUT2D eigenvalue weighted by Gasteiger charge is -2.16. The van der Waals surface area contributed by atoms with Crippen molar-refractivity contribution in [3.05, 3.63) is 70.6 Å². The van der Waals surface area contributed by atoms with Gasteiger partial charge in [0.1, 0.15) is 5.00 Å². The van der Waals surface area contributed by atoms with Crippen LogP contribution in [0.15, 0.2) is 59.5 Å². The summed E-state index contributed by atoms with van der Waals surface area (Å²) in [4.78, 5) is 28.4. The van der Waals surface area contributed by atoms with E-state index in [1.807, 2.05) is 61.5 Å². The Morgan fingerprint density at radius 2 is 1.71 bits per heavy atom. The van der Waals surface area contributed by atoms with Gasteiger partial charge in [-0.3, -0.25) is 4.79 Å². The average Bonchev–Trinajstić information content (AvgIpc) is 3.08. The molecule has 0 radical (unpaired) electrons. The maximum absolute atomic E-state index is 13.4. The number of hydrogen-bond donors (Lipinski definition) is 3. The standard InChI is InChI=1S/C29H33N3O3S3/c1-3-23(37-21-15-11-14-20(18-21)31-29(36)30-19-12-7-5-8-13-19)26(33)32-27-25(28(34)35-4-2)22-16-9-6-10-17-24(22)38-27/h5,7-8,11-15,18,23H,3-4,6,9-10,16-17H2,1-2H3,(H,32,33)(H2,30,31,36). The molecule has 200 valence electrons. The summed E-state index contributed by atoms with van der Waals surface area (Å²) in [6, 6.07) is 17.6. The Morgan fingerprint density at radius 1 is 0.974 bits per heavy atom. The van der Waals surface area contributed by atoms with Crippen molar-refractivity contribution < 1.29 is 14.3 Å². The Balaban J connectivity index is 1.45. The Hall–Kier alpha value is -2.88. The number of carbonyl (C=O) groups is 2. The van der Waals surface area contributed by atoms with Gasteiger partial charge in [0.15, 0.2) is 5.11 Å². The zero-order chi connectivity index (χ0) is 26.9. The molecular weight excluding hydrogens is 535 g/mol. The predicted octanol–water partition coefficient (Wildman–Crippen LogP) is 7.51. The van der Waals surface area contributed by atoms with Crippen LogP contribution >= 0.6 is 35.3 Å². The number of anilines is 3. The number of amides is 1. The second-order valence-corrected chi connectivity index (χ2v) is 11.8. The van der Waals surface area contributed by atoms with Crippen molar-refractivity contribution >= 4 is 68.7 Å². The number of nitrogens with one attached hydrogen (secondary N) is 3. The van der Waals surface area contributed by atoms with Gasteiger partial charge >= 0.3 is 5.97 Å². The van der Waals surface area contributed by atoms with Gasteiger partial charge < -0.3 is 20.7 Å². The fourth-order valence-electron chi connectivity index (χ4n) is 4.39. The number of esters is 1. The Kier molecular flexibility index (Phi) is 10.2. The number of carbonyl (C=O) groups excluding carboxylic acids is 2. The fraction of sp³-hybridized carbons (Fsp3) is 0.345. The molecule has 1 amide bonds. The van der Waals surface area contributed by atoms with Crippen LogP contribution < -0.4 is 16.0 Å². The van der Waals surface area contributed by atoms with E-state index in [2.05, 4.69) is 16.0 Å². The molecule has 3 N–H and O–H groups in total. The number of rotatable bonds is 9. The zero-order valence-corrected chi connectivity index (χ0v) is 24.1. The first-order valence-corrected chi connectivity index (χ1v) is 15.1. The third-order valence-electron chi connectivity index (χ3n) is 6.20. The van der Waals surface area contributed by atoms with Crippen LogP contribution in [0.5, 0.6) is 0 Å². The van der Waals surface area contributed by atoms with Gasteiger partial charge in [-0.2, -0.15) is 0 Å². The van der Waals surface area contributed by atoms with E-state index in [0.717, 1.165) is 53.9 Å². The number of benzene rings is 2. The molecule has 4 rings (SSSR count). The number of ether oxygens (including phenoxy) is 1. The van der Waals surface area contributed by atoms with Gasteiger partial charge in [-0.15, -0.1) is 23.1 Å². The van der Waals surface area contributed by atoms with Crippen LogP contribution in [0, 0.1) is 0 Å². The highest BCUT2D eigenvalue weighted by atomic mass is 32.2. The summed E-state index contributed by atoms with van der Waals surface area (Å²) >= 11 is 8.48. The molecule has 0 spiro atoms. The summed E-state index contributed by atoms with van der Waals surface area (Å²) in [5.74, 6) is -0.458. The molecule has 38 heavy (non-hydrogen) atoms. The molecule has 1 atom stereocenters. The fourth-order valence-corrected chi connectivity index (χ4v) is 6.92. The van der Waals surface area contributed by atoms with Crippen LogP contribution in [0.1, 0.15) is 60.3 Å². The summed E-state index contributed by atoms with van der Waals surface area (Å²) < 4.78 is 5.37. The number of aryl methyl sites for hydroxylation is 1. The Morgan fingerprint density at radius 3 is 2.47 bits per heavy atom. The Labute approximate surface area is 237 Å². The van der Waals surface area contributed by atoms with E-state index in [4.69, 9.17) is 17.0 Å². The van der Waals surface area contributed by atoms with Crippen molar-refractivity contribution in [2.75, 3.05) is 22.6 Å². The minimum absolute atomic E-state index is 0.112. The summed E-state index contributed by atoms with van der Waals surface area (Å²) in [6.45, 7) is 4.10. The van der Waals surface area contributed by atoms with Gasteiger partial charge in [-0.25, -0.2) is 4.79 Å². The predicted molar refractivity (Wildman–Crippen MR) is 163 cm³/mol. The van der Waals surface area contributed by atoms with Crippen molar-refractivity contribution in [1.82, 2.24) is 0 Å². The van der Waals surface area contributed by atoms with Crippen LogP contribution in [0.4, 0.5) is 16.4 Å². The summed E-state index contributed by atoms with van der Waals surface area (Å²) in [6.07, 6.45) is 5.73. The van der Waals surface area contributed by atoms with Gasteiger partial charge in [-0.1, -0.05) is 37.6 Å². The molecule has 1 heterocycles. The summed E-state index contributed by atoms with van der Waals surface area (Å²) in [5, 5.41) is 10.3. The molecule has 2 aromatic carbocycles. The molecule has 1 aromatic heterocycles.